The first-order valence-corrected chi connectivity index (χ1v) is 8.41. The highest BCUT2D eigenvalue weighted by Gasteiger charge is 2.34. The fourth-order valence-electron chi connectivity index (χ4n) is 3.23. The number of nitrogens with one attached hydrogen (secondary N) is 1. The van der Waals surface area contributed by atoms with Gasteiger partial charge in [-0.2, -0.15) is 5.26 Å². The van der Waals surface area contributed by atoms with Gasteiger partial charge in [-0.1, -0.05) is 11.6 Å². The van der Waals surface area contributed by atoms with Crippen molar-refractivity contribution in [3.8, 4) is 6.07 Å². The molecule has 1 aliphatic rings. The number of rotatable bonds is 4. The van der Waals surface area contributed by atoms with Crippen LogP contribution in [0.2, 0.25) is 5.02 Å². The Hall–Kier alpha value is -1.87. The Morgan fingerprint density at radius 1 is 1.38 bits per heavy atom. The summed E-state index contributed by atoms with van der Waals surface area (Å²) in [5.41, 5.74) is 2.18. The average molecular weight is 345 g/mol. The molecule has 0 unspecified atom stereocenters. The Morgan fingerprint density at radius 2 is 2.12 bits per heavy atom. The lowest BCUT2D eigenvalue weighted by Gasteiger charge is -2.43. The van der Waals surface area contributed by atoms with Gasteiger partial charge in [0.1, 0.15) is 6.07 Å². The number of benzene rings is 1. The second-order valence-electron chi connectivity index (χ2n) is 6.40. The molecule has 0 radical (unpaired) electrons. The summed E-state index contributed by atoms with van der Waals surface area (Å²) in [4.78, 5) is 6.60. The van der Waals surface area contributed by atoms with Gasteiger partial charge >= 0.3 is 0 Å². The van der Waals surface area contributed by atoms with E-state index in [2.05, 4.69) is 35.4 Å². The first kappa shape index (κ1) is 17.0. The highest BCUT2D eigenvalue weighted by atomic mass is 35.5. The summed E-state index contributed by atoms with van der Waals surface area (Å²) in [6.45, 7) is 2.26. The molecule has 1 aromatic carbocycles. The summed E-state index contributed by atoms with van der Waals surface area (Å²) in [5.74, 6) is 0. The summed E-state index contributed by atoms with van der Waals surface area (Å²) in [5, 5.41) is 14.5. The zero-order chi connectivity index (χ0) is 17.2. The number of fused-ring (bicyclic) bond motifs is 1. The van der Waals surface area contributed by atoms with Crippen LogP contribution in [0.4, 0.5) is 5.69 Å². The van der Waals surface area contributed by atoms with E-state index in [1.807, 2.05) is 18.2 Å². The number of halogens is 1. The SMILES string of the molecule is CN(C)C1(CNc2c(C#N)cnc3ccc(Cl)cc23)CCOCC1. The Labute approximate surface area is 147 Å². The predicted octanol–water partition coefficient (Wildman–Crippen LogP) is 3.28. The van der Waals surface area contributed by atoms with Crippen molar-refractivity contribution in [1.29, 1.82) is 5.26 Å². The number of hydrogen-bond acceptors (Lipinski definition) is 5. The minimum Gasteiger partial charge on any atom is -0.382 e. The molecular weight excluding hydrogens is 324 g/mol. The lowest BCUT2D eigenvalue weighted by molar-refractivity contribution is -0.000617. The zero-order valence-electron chi connectivity index (χ0n) is 14.0. The van der Waals surface area contributed by atoms with Crippen molar-refractivity contribution >= 4 is 28.2 Å². The second-order valence-corrected chi connectivity index (χ2v) is 6.84. The quantitative estimate of drug-likeness (QED) is 0.922. The molecule has 126 valence electrons. The van der Waals surface area contributed by atoms with Crippen molar-refractivity contribution in [2.24, 2.45) is 0 Å². The number of likely N-dealkylation sites (N-methyl/N-ethyl adjacent to an activating group) is 1. The topological polar surface area (TPSA) is 61.2 Å². The molecule has 2 aromatic rings. The number of pyridine rings is 1. The minimum absolute atomic E-state index is 0.0130. The number of anilines is 1. The summed E-state index contributed by atoms with van der Waals surface area (Å²) in [6.07, 6.45) is 3.53. The fourth-order valence-corrected chi connectivity index (χ4v) is 3.40. The van der Waals surface area contributed by atoms with Crippen molar-refractivity contribution in [3.63, 3.8) is 0 Å². The molecule has 0 amide bonds. The van der Waals surface area contributed by atoms with Crippen LogP contribution in [0.25, 0.3) is 10.9 Å². The Morgan fingerprint density at radius 3 is 2.79 bits per heavy atom. The molecule has 0 saturated carbocycles. The van der Waals surface area contributed by atoms with Crippen molar-refractivity contribution in [2.45, 2.75) is 18.4 Å². The van der Waals surface area contributed by atoms with E-state index in [1.165, 1.54) is 0 Å². The monoisotopic (exact) mass is 344 g/mol. The van der Waals surface area contributed by atoms with E-state index in [-0.39, 0.29) is 5.54 Å². The van der Waals surface area contributed by atoms with Crippen LogP contribution in [0.15, 0.2) is 24.4 Å². The molecule has 5 nitrogen and oxygen atoms in total. The van der Waals surface area contributed by atoms with Crippen LogP contribution in [0, 0.1) is 11.3 Å². The third kappa shape index (κ3) is 3.18. The van der Waals surface area contributed by atoms with Crippen LogP contribution >= 0.6 is 11.6 Å². The standard InChI is InChI=1S/C18H21ClN4O/c1-23(2)18(5-7-24-8-6-18)12-22-17-13(10-20)11-21-16-4-3-14(19)9-15(16)17/h3-4,9,11H,5-8,12H2,1-2H3,(H,21,22). The molecule has 2 heterocycles. The van der Waals surface area contributed by atoms with Gasteiger partial charge in [-0.3, -0.25) is 4.98 Å². The zero-order valence-corrected chi connectivity index (χ0v) is 14.7. The maximum Gasteiger partial charge on any atom is 0.103 e. The Bertz CT molecular complexity index is 778. The molecule has 0 spiro atoms. The summed E-state index contributed by atoms with van der Waals surface area (Å²) >= 11 is 6.15. The number of nitriles is 1. The normalized spacial score (nSPS) is 17.0. The van der Waals surface area contributed by atoms with Crippen LogP contribution in [-0.2, 0) is 4.74 Å². The number of ether oxygens (including phenoxy) is 1. The molecule has 0 bridgehead atoms. The van der Waals surface area contributed by atoms with Crippen LogP contribution in [0.5, 0.6) is 0 Å². The first-order chi connectivity index (χ1) is 11.6. The van der Waals surface area contributed by atoms with Gasteiger partial charge in [-0.15, -0.1) is 0 Å². The summed E-state index contributed by atoms with van der Waals surface area (Å²) in [6, 6.07) is 7.78. The Balaban J connectivity index is 1.96. The fraction of sp³-hybridized carbons (Fsp3) is 0.444. The van der Waals surface area contributed by atoms with Crippen LogP contribution in [-0.4, -0.2) is 49.3 Å². The van der Waals surface area contributed by atoms with Crippen molar-refractivity contribution < 1.29 is 4.74 Å². The van der Waals surface area contributed by atoms with Gasteiger partial charge in [0, 0.05) is 41.9 Å². The molecule has 3 rings (SSSR count). The Kier molecular flexibility index (Phi) is 4.91. The van der Waals surface area contributed by atoms with Crippen LogP contribution in [0.1, 0.15) is 18.4 Å². The molecule has 1 fully saturated rings. The van der Waals surface area contributed by atoms with Gasteiger partial charge in [0.15, 0.2) is 0 Å². The minimum atomic E-state index is 0.0130. The summed E-state index contributed by atoms with van der Waals surface area (Å²) < 4.78 is 5.52. The van der Waals surface area contributed by atoms with Gasteiger partial charge in [0.25, 0.3) is 0 Å². The van der Waals surface area contributed by atoms with Crippen LogP contribution in [0.3, 0.4) is 0 Å². The largest absolute Gasteiger partial charge is 0.382 e. The highest BCUT2D eigenvalue weighted by Crippen LogP contribution is 2.31. The van der Waals surface area contributed by atoms with Gasteiger partial charge in [-0.25, -0.2) is 0 Å². The third-order valence-corrected chi connectivity index (χ3v) is 5.15. The molecule has 1 aliphatic heterocycles. The summed E-state index contributed by atoms with van der Waals surface area (Å²) in [7, 11) is 4.19. The predicted molar refractivity (Wildman–Crippen MR) is 96.4 cm³/mol. The van der Waals surface area contributed by atoms with E-state index in [1.54, 1.807) is 6.20 Å². The average Bonchev–Trinajstić information content (AvgIpc) is 2.60. The van der Waals surface area contributed by atoms with Crippen molar-refractivity contribution in [3.05, 3.63) is 35.0 Å². The van der Waals surface area contributed by atoms with E-state index in [0.717, 1.165) is 49.2 Å². The van der Waals surface area contributed by atoms with E-state index >= 15 is 0 Å². The maximum atomic E-state index is 9.46. The van der Waals surface area contributed by atoms with E-state index in [0.29, 0.717) is 10.6 Å². The molecule has 1 saturated heterocycles. The number of nitrogens with zero attached hydrogens (tertiary/aromatic N) is 3. The van der Waals surface area contributed by atoms with Gasteiger partial charge in [0.2, 0.25) is 0 Å². The maximum absolute atomic E-state index is 9.46. The smallest absolute Gasteiger partial charge is 0.103 e. The number of aromatic nitrogens is 1. The molecule has 1 N–H and O–H groups in total. The molecule has 0 aliphatic carbocycles. The van der Waals surface area contributed by atoms with E-state index < -0.39 is 0 Å². The molecule has 0 atom stereocenters. The second kappa shape index (κ2) is 6.94. The molecule has 24 heavy (non-hydrogen) atoms. The van der Waals surface area contributed by atoms with Gasteiger partial charge in [-0.05, 0) is 45.1 Å². The van der Waals surface area contributed by atoms with Crippen molar-refractivity contribution in [2.75, 3.05) is 39.2 Å². The van der Waals surface area contributed by atoms with E-state index in [9.17, 15) is 5.26 Å². The molecule has 6 heteroatoms. The number of hydrogen-bond donors (Lipinski definition) is 1. The highest BCUT2D eigenvalue weighted by molar-refractivity contribution is 6.31. The molecular formula is C18H21ClN4O. The van der Waals surface area contributed by atoms with Crippen LogP contribution < -0.4 is 5.32 Å². The van der Waals surface area contributed by atoms with Gasteiger partial charge < -0.3 is 15.0 Å². The van der Waals surface area contributed by atoms with Crippen molar-refractivity contribution in [1.82, 2.24) is 9.88 Å². The molecule has 1 aromatic heterocycles. The van der Waals surface area contributed by atoms with E-state index in [4.69, 9.17) is 16.3 Å². The lowest BCUT2D eigenvalue weighted by atomic mass is 9.88. The lowest BCUT2D eigenvalue weighted by Crippen LogP contribution is -2.53. The van der Waals surface area contributed by atoms with Gasteiger partial charge in [0.05, 0.1) is 16.8 Å². The first-order valence-electron chi connectivity index (χ1n) is 8.03. The third-order valence-electron chi connectivity index (χ3n) is 4.92.